The van der Waals surface area contributed by atoms with Gasteiger partial charge in [-0.25, -0.2) is 0 Å². The number of hydrogen-bond acceptors (Lipinski definition) is 5. The SMILES string of the molecule is CC1(C)OB(c2ccc3c(c2)OCCN3C2CCNCC2)OC1(C)C. The maximum absolute atomic E-state index is 6.18. The van der Waals surface area contributed by atoms with Crippen molar-refractivity contribution in [2.75, 3.05) is 31.1 Å². The molecule has 6 heteroatoms. The van der Waals surface area contributed by atoms with Gasteiger partial charge in [0.15, 0.2) is 0 Å². The van der Waals surface area contributed by atoms with E-state index in [0.29, 0.717) is 6.04 Å². The van der Waals surface area contributed by atoms with Gasteiger partial charge in [0, 0.05) is 6.04 Å². The molecule has 0 bridgehead atoms. The molecule has 0 aliphatic carbocycles. The zero-order valence-corrected chi connectivity index (χ0v) is 15.8. The van der Waals surface area contributed by atoms with Crippen molar-refractivity contribution in [1.29, 1.82) is 0 Å². The van der Waals surface area contributed by atoms with Crippen LogP contribution in [-0.4, -0.2) is 50.6 Å². The summed E-state index contributed by atoms with van der Waals surface area (Å²) in [7, 11) is -0.340. The molecule has 0 unspecified atom stereocenters. The van der Waals surface area contributed by atoms with Crippen LogP contribution in [0.4, 0.5) is 5.69 Å². The zero-order valence-electron chi connectivity index (χ0n) is 15.8. The maximum atomic E-state index is 6.18. The van der Waals surface area contributed by atoms with Gasteiger partial charge in [-0.05, 0) is 71.2 Å². The molecule has 5 nitrogen and oxygen atoms in total. The van der Waals surface area contributed by atoms with Crippen LogP contribution in [0.1, 0.15) is 40.5 Å². The molecule has 4 rings (SSSR count). The van der Waals surface area contributed by atoms with Gasteiger partial charge in [-0.3, -0.25) is 0 Å². The van der Waals surface area contributed by atoms with Gasteiger partial charge in [-0.1, -0.05) is 6.07 Å². The van der Waals surface area contributed by atoms with Crippen LogP contribution in [0.3, 0.4) is 0 Å². The van der Waals surface area contributed by atoms with Crippen LogP contribution >= 0.6 is 0 Å². The Morgan fingerprint density at radius 3 is 2.44 bits per heavy atom. The minimum absolute atomic E-state index is 0.324. The molecule has 1 N–H and O–H groups in total. The second-order valence-corrected chi connectivity index (χ2v) is 8.34. The van der Waals surface area contributed by atoms with E-state index in [0.717, 1.165) is 37.5 Å². The van der Waals surface area contributed by atoms with Crippen molar-refractivity contribution in [3.05, 3.63) is 18.2 Å². The van der Waals surface area contributed by atoms with Crippen molar-refractivity contribution in [2.24, 2.45) is 0 Å². The summed E-state index contributed by atoms with van der Waals surface area (Å²) < 4.78 is 18.3. The first-order chi connectivity index (χ1) is 11.9. The molecule has 2 saturated heterocycles. The molecule has 0 atom stereocenters. The van der Waals surface area contributed by atoms with E-state index in [-0.39, 0.29) is 18.3 Å². The highest BCUT2D eigenvalue weighted by Crippen LogP contribution is 2.38. The van der Waals surface area contributed by atoms with Gasteiger partial charge in [0.2, 0.25) is 0 Å². The third-order valence-corrected chi connectivity index (χ3v) is 6.16. The van der Waals surface area contributed by atoms with Gasteiger partial charge in [0.25, 0.3) is 0 Å². The lowest BCUT2D eigenvalue weighted by Gasteiger charge is -2.39. The first-order valence-corrected chi connectivity index (χ1v) is 9.47. The number of piperidine rings is 1. The summed E-state index contributed by atoms with van der Waals surface area (Å²) in [6.07, 6.45) is 2.39. The number of nitrogens with zero attached hydrogens (tertiary/aromatic N) is 1. The van der Waals surface area contributed by atoms with Gasteiger partial charge in [-0.15, -0.1) is 0 Å². The third-order valence-electron chi connectivity index (χ3n) is 6.16. The monoisotopic (exact) mass is 344 g/mol. The molecule has 0 aromatic heterocycles. The lowest BCUT2D eigenvalue weighted by Crippen LogP contribution is -2.47. The Labute approximate surface area is 151 Å². The fourth-order valence-corrected chi connectivity index (χ4v) is 3.88. The molecule has 0 saturated carbocycles. The number of hydrogen-bond donors (Lipinski definition) is 1. The Hall–Kier alpha value is -1.24. The molecule has 0 amide bonds. The van der Waals surface area contributed by atoms with Crippen molar-refractivity contribution >= 4 is 18.3 Å². The summed E-state index contributed by atoms with van der Waals surface area (Å²) in [4.78, 5) is 2.52. The molecular weight excluding hydrogens is 315 g/mol. The largest absolute Gasteiger partial charge is 0.494 e. The fraction of sp³-hybridized carbons (Fsp3) is 0.684. The molecule has 136 valence electrons. The third kappa shape index (κ3) is 3.05. The summed E-state index contributed by atoms with van der Waals surface area (Å²) in [6, 6.07) is 7.01. The smallest absolute Gasteiger partial charge is 0.490 e. The number of benzene rings is 1. The van der Waals surface area contributed by atoms with Crippen molar-refractivity contribution < 1.29 is 14.0 Å². The van der Waals surface area contributed by atoms with E-state index < -0.39 is 0 Å². The summed E-state index contributed by atoms with van der Waals surface area (Å²) in [6.45, 7) is 12.2. The van der Waals surface area contributed by atoms with Crippen molar-refractivity contribution in [2.45, 2.75) is 57.8 Å². The Bertz CT molecular complexity index is 628. The van der Waals surface area contributed by atoms with E-state index in [1.807, 2.05) is 0 Å². The van der Waals surface area contributed by atoms with Gasteiger partial charge in [0.05, 0.1) is 23.4 Å². The highest BCUT2D eigenvalue weighted by atomic mass is 16.7. The van der Waals surface area contributed by atoms with Crippen LogP contribution in [0.15, 0.2) is 18.2 Å². The van der Waals surface area contributed by atoms with Crippen LogP contribution < -0.4 is 20.4 Å². The van der Waals surface area contributed by atoms with E-state index >= 15 is 0 Å². The second kappa shape index (κ2) is 6.18. The van der Waals surface area contributed by atoms with Crippen molar-refractivity contribution in [1.82, 2.24) is 5.32 Å². The molecular formula is C19H29BN2O3. The summed E-state index contributed by atoms with van der Waals surface area (Å²) in [5.74, 6) is 0.956. The molecule has 0 spiro atoms. The molecule has 2 fully saturated rings. The van der Waals surface area contributed by atoms with Crippen molar-refractivity contribution in [3.63, 3.8) is 0 Å². The Kier molecular flexibility index (Phi) is 4.25. The fourth-order valence-electron chi connectivity index (χ4n) is 3.88. The summed E-state index contributed by atoms with van der Waals surface area (Å²) >= 11 is 0. The minimum atomic E-state index is -0.340. The number of anilines is 1. The van der Waals surface area contributed by atoms with E-state index in [4.69, 9.17) is 14.0 Å². The normalized spacial score (nSPS) is 25.6. The summed E-state index contributed by atoms with van der Waals surface area (Å²) in [5, 5.41) is 3.45. The van der Waals surface area contributed by atoms with Gasteiger partial charge >= 0.3 is 7.12 Å². The van der Waals surface area contributed by atoms with E-state index in [2.05, 4.69) is 56.1 Å². The lowest BCUT2D eigenvalue weighted by molar-refractivity contribution is 0.00578. The first-order valence-electron chi connectivity index (χ1n) is 9.47. The second-order valence-electron chi connectivity index (χ2n) is 8.34. The van der Waals surface area contributed by atoms with Crippen molar-refractivity contribution in [3.8, 4) is 5.75 Å². The molecule has 3 heterocycles. The van der Waals surface area contributed by atoms with Gasteiger partial charge < -0.3 is 24.3 Å². The molecule has 0 radical (unpaired) electrons. The standard InChI is InChI=1S/C19H29BN2O3/c1-18(2)19(3,4)25-20(24-18)14-5-6-16-17(13-14)23-12-11-22(16)15-7-9-21-10-8-15/h5-6,13,15,21H,7-12H2,1-4H3. The Morgan fingerprint density at radius 2 is 1.76 bits per heavy atom. The lowest BCUT2D eigenvalue weighted by atomic mass is 9.78. The van der Waals surface area contributed by atoms with E-state index in [1.54, 1.807) is 0 Å². The van der Waals surface area contributed by atoms with E-state index in [1.165, 1.54) is 18.5 Å². The molecule has 25 heavy (non-hydrogen) atoms. The highest BCUT2D eigenvalue weighted by Gasteiger charge is 2.51. The molecule has 1 aromatic carbocycles. The Balaban J connectivity index is 1.58. The van der Waals surface area contributed by atoms with E-state index in [9.17, 15) is 0 Å². The molecule has 3 aliphatic rings. The maximum Gasteiger partial charge on any atom is 0.494 e. The van der Waals surface area contributed by atoms with Gasteiger partial charge in [0.1, 0.15) is 12.4 Å². The number of ether oxygens (including phenoxy) is 1. The van der Waals surface area contributed by atoms with Crippen LogP contribution in [0, 0.1) is 0 Å². The molecule has 1 aromatic rings. The van der Waals surface area contributed by atoms with Crippen LogP contribution in [0.25, 0.3) is 0 Å². The number of fused-ring (bicyclic) bond motifs is 1. The average Bonchev–Trinajstić information content (AvgIpc) is 2.82. The predicted molar refractivity (Wildman–Crippen MR) is 101 cm³/mol. The Morgan fingerprint density at radius 1 is 1.08 bits per heavy atom. The van der Waals surface area contributed by atoms with Gasteiger partial charge in [-0.2, -0.15) is 0 Å². The average molecular weight is 344 g/mol. The minimum Gasteiger partial charge on any atom is -0.490 e. The summed E-state index contributed by atoms with van der Waals surface area (Å²) in [5.41, 5.74) is 1.59. The quantitative estimate of drug-likeness (QED) is 0.831. The predicted octanol–water partition coefficient (Wildman–Crippen LogP) is 1.94. The zero-order chi connectivity index (χ0) is 17.7. The molecule has 3 aliphatic heterocycles. The number of rotatable bonds is 2. The van der Waals surface area contributed by atoms with Crippen LogP contribution in [-0.2, 0) is 9.31 Å². The van der Waals surface area contributed by atoms with Crippen LogP contribution in [0.2, 0.25) is 0 Å². The highest BCUT2D eigenvalue weighted by molar-refractivity contribution is 6.62. The van der Waals surface area contributed by atoms with Crippen LogP contribution in [0.5, 0.6) is 5.75 Å². The topological polar surface area (TPSA) is 43.0 Å². The first kappa shape index (κ1) is 17.2. The number of nitrogens with one attached hydrogen (secondary N) is 1.